The van der Waals surface area contributed by atoms with Gasteiger partial charge in [0.2, 0.25) is 17.7 Å². The second-order valence-corrected chi connectivity index (χ2v) is 7.03. The molecule has 3 aromatic rings. The molecule has 154 valence electrons. The molecule has 0 aliphatic carbocycles. The first kappa shape index (κ1) is 21.1. The molecule has 0 saturated carbocycles. The molecule has 0 aromatic carbocycles. The summed E-state index contributed by atoms with van der Waals surface area (Å²) in [6.45, 7) is 0.481. The number of aromatic nitrogens is 3. The van der Waals surface area contributed by atoms with Crippen molar-refractivity contribution < 1.29 is 22.4 Å². The van der Waals surface area contributed by atoms with E-state index in [0.717, 1.165) is 11.6 Å². The van der Waals surface area contributed by atoms with Gasteiger partial charge in [-0.3, -0.25) is 4.79 Å². The van der Waals surface area contributed by atoms with Crippen molar-refractivity contribution in [2.75, 3.05) is 18.4 Å². The van der Waals surface area contributed by atoms with Crippen LogP contribution in [0.25, 0.3) is 11.5 Å². The number of thiophene rings is 1. The summed E-state index contributed by atoms with van der Waals surface area (Å²) in [6.07, 6.45) is -3.36. The summed E-state index contributed by atoms with van der Waals surface area (Å²) in [6, 6.07) is 2.66. The van der Waals surface area contributed by atoms with Gasteiger partial charge >= 0.3 is 6.18 Å². The van der Waals surface area contributed by atoms with Crippen molar-refractivity contribution in [3.05, 3.63) is 45.6 Å². The standard InChI is InChI=1S/C17H15ClF3N5O2S/c18-12-7-11(17(19,20)21)8-24-15(12)23-5-4-22-13(27)1-2-14-25-26-16(28-14)10-3-6-29-9-10/h3,6-9H,1-2,4-5H2,(H,22,27)(H,23,24). The van der Waals surface area contributed by atoms with Gasteiger partial charge in [0, 0.05) is 43.1 Å². The average Bonchev–Trinajstić information content (AvgIpc) is 3.35. The minimum Gasteiger partial charge on any atom is -0.421 e. The first-order valence-corrected chi connectivity index (χ1v) is 9.73. The van der Waals surface area contributed by atoms with Gasteiger partial charge in [-0.2, -0.15) is 24.5 Å². The Kier molecular flexibility index (Phi) is 6.70. The molecule has 3 aromatic heterocycles. The maximum Gasteiger partial charge on any atom is 0.417 e. The van der Waals surface area contributed by atoms with Crippen molar-refractivity contribution in [1.29, 1.82) is 0 Å². The monoisotopic (exact) mass is 445 g/mol. The molecule has 0 fully saturated rings. The van der Waals surface area contributed by atoms with Crippen LogP contribution in [0.2, 0.25) is 5.02 Å². The summed E-state index contributed by atoms with van der Waals surface area (Å²) in [4.78, 5) is 15.5. The number of hydrogen-bond donors (Lipinski definition) is 2. The summed E-state index contributed by atoms with van der Waals surface area (Å²) in [5, 5.41) is 16.9. The van der Waals surface area contributed by atoms with E-state index in [4.69, 9.17) is 16.0 Å². The highest BCUT2D eigenvalue weighted by Gasteiger charge is 2.31. The van der Waals surface area contributed by atoms with Crippen LogP contribution in [0.4, 0.5) is 19.0 Å². The number of pyridine rings is 1. The average molecular weight is 446 g/mol. The number of rotatable bonds is 8. The van der Waals surface area contributed by atoms with Crippen LogP contribution in [0.15, 0.2) is 33.5 Å². The van der Waals surface area contributed by atoms with Gasteiger partial charge in [-0.1, -0.05) is 11.6 Å². The Bertz CT molecular complexity index is 962. The lowest BCUT2D eigenvalue weighted by Crippen LogP contribution is -2.29. The van der Waals surface area contributed by atoms with E-state index in [0.29, 0.717) is 24.4 Å². The van der Waals surface area contributed by atoms with Crippen molar-refractivity contribution in [2.45, 2.75) is 19.0 Å². The minimum atomic E-state index is -4.51. The zero-order chi connectivity index (χ0) is 20.9. The number of nitrogens with zero attached hydrogens (tertiary/aromatic N) is 3. The van der Waals surface area contributed by atoms with Crippen LogP contribution in [-0.4, -0.2) is 34.2 Å². The number of alkyl halides is 3. The minimum absolute atomic E-state index is 0.112. The number of hydrogen-bond acceptors (Lipinski definition) is 7. The maximum atomic E-state index is 12.6. The molecule has 0 atom stereocenters. The molecule has 0 aliphatic heterocycles. The molecule has 0 saturated heterocycles. The highest BCUT2D eigenvalue weighted by Crippen LogP contribution is 2.32. The van der Waals surface area contributed by atoms with Crippen LogP contribution in [0.3, 0.4) is 0 Å². The summed E-state index contributed by atoms with van der Waals surface area (Å²) >= 11 is 7.31. The lowest BCUT2D eigenvalue weighted by atomic mass is 10.3. The van der Waals surface area contributed by atoms with Crippen LogP contribution < -0.4 is 10.6 Å². The van der Waals surface area contributed by atoms with Crippen molar-refractivity contribution in [3.8, 4) is 11.5 Å². The number of carbonyl (C=O) groups excluding carboxylic acids is 1. The summed E-state index contributed by atoms with van der Waals surface area (Å²) in [5.74, 6) is 0.654. The van der Waals surface area contributed by atoms with E-state index in [9.17, 15) is 18.0 Å². The van der Waals surface area contributed by atoms with Gasteiger partial charge in [0.25, 0.3) is 0 Å². The van der Waals surface area contributed by atoms with E-state index in [1.54, 1.807) is 0 Å². The fourth-order valence-corrected chi connectivity index (χ4v) is 3.14. The molecule has 3 rings (SSSR count). The second kappa shape index (κ2) is 9.23. The van der Waals surface area contributed by atoms with Crippen LogP contribution in [0.5, 0.6) is 0 Å². The van der Waals surface area contributed by atoms with Crippen LogP contribution in [0, 0.1) is 0 Å². The Balaban J connectivity index is 1.38. The van der Waals surface area contributed by atoms with Gasteiger partial charge < -0.3 is 15.1 Å². The third-order valence-electron chi connectivity index (χ3n) is 3.71. The molecule has 3 heterocycles. The highest BCUT2D eigenvalue weighted by atomic mass is 35.5. The summed E-state index contributed by atoms with van der Waals surface area (Å²) in [7, 11) is 0. The predicted molar refractivity (Wildman–Crippen MR) is 102 cm³/mol. The molecular weight excluding hydrogens is 431 g/mol. The van der Waals surface area contributed by atoms with Crippen LogP contribution in [-0.2, 0) is 17.4 Å². The first-order chi connectivity index (χ1) is 13.8. The Morgan fingerprint density at radius 1 is 1.28 bits per heavy atom. The van der Waals surface area contributed by atoms with Crippen molar-refractivity contribution in [1.82, 2.24) is 20.5 Å². The lowest BCUT2D eigenvalue weighted by Gasteiger charge is -2.11. The Morgan fingerprint density at radius 3 is 2.79 bits per heavy atom. The van der Waals surface area contributed by atoms with E-state index >= 15 is 0 Å². The van der Waals surface area contributed by atoms with Gasteiger partial charge in [-0.25, -0.2) is 4.98 Å². The molecule has 0 spiro atoms. The van der Waals surface area contributed by atoms with Crippen molar-refractivity contribution >= 4 is 34.7 Å². The second-order valence-electron chi connectivity index (χ2n) is 5.84. The zero-order valence-corrected chi connectivity index (χ0v) is 16.4. The SMILES string of the molecule is O=C(CCc1nnc(-c2ccsc2)o1)NCCNc1ncc(C(F)(F)F)cc1Cl. The molecule has 0 aliphatic rings. The Labute approximate surface area is 172 Å². The highest BCUT2D eigenvalue weighted by molar-refractivity contribution is 7.08. The Morgan fingerprint density at radius 2 is 2.10 bits per heavy atom. The van der Waals surface area contributed by atoms with Crippen LogP contribution >= 0.6 is 22.9 Å². The quantitative estimate of drug-likeness (QED) is 0.508. The molecule has 12 heteroatoms. The van der Waals surface area contributed by atoms with Gasteiger partial charge in [-0.05, 0) is 17.5 Å². The van der Waals surface area contributed by atoms with E-state index in [1.807, 2.05) is 16.8 Å². The van der Waals surface area contributed by atoms with Gasteiger partial charge in [-0.15, -0.1) is 10.2 Å². The van der Waals surface area contributed by atoms with E-state index in [-0.39, 0.29) is 36.3 Å². The van der Waals surface area contributed by atoms with Gasteiger partial charge in [0.15, 0.2) is 0 Å². The molecule has 1 amide bonds. The summed E-state index contributed by atoms with van der Waals surface area (Å²) < 4.78 is 43.2. The fraction of sp³-hybridized carbons (Fsp3) is 0.294. The molecule has 0 radical (unpaired) electrons. The zero-order valence-electron chi connectivity index (χ0n) is 14.8. The molecule has 0 unspecified atom stereocenters. The third kappa shape index (κ3) is 5.91. The number of halogens is 4. The van der Waals surface area contributed by atoms with Crippen molar-refractivity contribution in [3.63, 3.8) is 0 Å². The lowest BCUT2D eigenvalue weighted by molar-refractivity contribution is -0.137. The molecule has 29 heavy (non-hydrogen) atoms. The summed E-state index contributed by atoms with van der Waals surface area (Å²) in [5.41, 5.74) is -0.0932. The predicted octanol–water partition coefficient (Wildman–Crippen LogP) is 4.03. The fourth-order valence-electron chi connectivity index (χ4n) is 2.27. The van der Waals surface area contributed by atoms with Crippen molar-refractivity contribution in [2.24, 2.45) is 0 Å². The number of anilines is 1. The third-order valence-corrected chi connectivity index (χ3v) is 4.68. The number of nitrogens with one attached hydrogen (secondary N) is 2. The maximum absolute atomic E-state index is 12.6. The van der Waals surface area contributed by atoms with E-state index < -0.39 is 11.7 Å². The number of carbonyl (C=O) groups is 1. The van der Waals surface area contributed by atoms with Gasteiger partial charge in [0.1, 0.15) is 5.82 Å². The molecule has 0 bridgehead atoms. The first-order valence-electron chi connectivity index (χ1n) is 8.41. The largest absolute Gasteiger partial charge is 0.421 e. The normalized spacial score (nSPS) is 11.4. The van der Waals surface area contributed by atoms with Gasteiger partial charge in [0.05, 0.1) is 10.6 Å². The molecule has 7 nitrogen and oxygen atoms in total. The van der Waals surface area contributed by atoms with E-state index in [1.165, 1.54) is 11.3 Å². The molecular formula is C17H15ClF3N5O2S. The number of aryl methyl sites for hydroxylation is 1. The number of amides is 1. The Hall–Kier alpha value is -2.66. The smallest absolute Gasteiger partial charge is 0.417 e. The topological polar surface area (TPSA) is 92.9 Å². The van der Waals surface area contributed by atoms with Crippen LogP contribution in [0.1, 0.15) is 17.9 Å². The van der Waals surface area contributed by atoms with E-state index in [2.05, 4.69) is 25.8 Å². The molecule has 2 N–H and O–H groups in total.